The van der Waals surface area contributed by atoms with Gasteiger partial charge < -0.3 is 15.0 Å². The molecule has 0 atom stereocenters. The van der Waals surface area contributed by atoms with E-state index in [1.165, 1.54) is 20.9 Å². The second kappa shape index (κ2) is 4.87. The number of likely N-dealkylation sites (N-methyl/N-ethyl adjacent to an activating group) is 1. The quantitative estimate of drug-likeness (QED) is 0.851. The van der Waals surface area contributed by atoms with Gasteiger partial charge in [-0.2, -0.15) is 0 Å². The fourth-order valence-electron chi connectivity index (χ4n) is 1.68. The van der Waals surface area contributed by atoms with E-state index in [4.69, 9.17) is 5.11 Å². The highest BCUT2D eigenvalue weighted by molar-refractivity contribution is 5.98. The molecule has 0 spiro atoms. The van der Waals surface area contributed by atoms with Crippen LogP contribution in [-0.2, 0) is 4.79 Å². The zero-order valence-electron chi connectivity index (χ0n) is 11.7. The Balaban J connectivity index is 3.30. The van der Waals surface area contributed by atoms with Gasteiger partial charge in [0.15, 0.2) is 0 Å². The number of carbonyl (C=O) groups is 2. The number of pyridine rings is 1. The van der Waals surface area contributed by atoms with Crippen LogP contribution < -0.4 is 5.56 Å². The highest BCUT2D eigenvalue weighted by Crippen LogP contribution is 2.16. The molecule has 104 valence electrons. The molecule has 0 fully saturated rings. The van der Waals surface area contributed by atoms with E-state index in [0.717, 1.165) is 4.90 Å². The van der Waals surface area contributed by atoms with Crippen LogP contribution in [0.5, 0.6) is 0 Å². The fraction of sp³-hybridized carbons (Fsp3) is 0.462. The number of carboxylic acid groups (broad SMARTS) is 1. The van der Waals surface area contributed by atoms with Crippen LogP contribution in [0.1, 0.15) is 35.5 Å². The average Bonchev–Trinajstić information content (AvgIpc) is 2.25. The molecule has 1 rings (SSSR count). The first kappa shape index (κ1) is 14.9. The number of aryl methyl sites for hydroxylation is 2. The van der Waals surface area contributed by atoms with Gasteiger partial charge in [-0.05, 0) is 39.3 Å². The molecule has 0 bridgehead atoms. The molecule has 19 heavy (non-hydrogen) atoms. The minimum absolute atomic E-state index is 0.0255. The molecule has 0 aromatic carbocycles. The maximum Gasteiger partial charge on any atom is 0.329 e. The van der Waals surface area contributed by atoms with E-state index >= 15 is 0 Å². The molecule has 1 aromatic heterocycles. The molecule has 6 heteroatoms. The standard InChI is InChI=1S/C13H18N2O4/c1-7-6-8(2)14-10(16)9(7)11(17)15(5)13(3,4)12(18)19/h6H,1-5H3,(H,14,16)(H,18,19). The predicted molar refractivity (Wildman–Crippen MR) is 70.3 cm³/mol. The van der Waals surface area contributed by atoms with Crippen LogP contribution in [0.25, 0.3) is 0 Å². The molecule has 1 aromatic rings. The smallest absolute Gasteiger partial charge is 0.329 e. The molecular weight excluding hydrogens is 248 g/mol. The molecule has 0 radical (unpaired) electrons. The van der Waals surface area contributed by atoms with Crippen molar-refractivity contribution in [2.75, 3.05) is 7.05 Å². The van der Waals surface area contributed by atoms with Gasteiger partial charge in [0, 0.05) is 12.7 Å². The van der Waals surface area contributed by atoms with Crippen molar-refractivity contribution in [1.82, 2.24) is 9.88 Å². The van der Waals surface area contributed by atoms with Crippen molar-refractivity contribution in [3.05, 3.63) is 33.2 Å². The van der Waals surface area contributed by atoms with Crippen molar-refractivity contribution in [3.63, 3.8) is 0 Å². The van der Waals surface area contributed by atoms with E-state index in [9.17, 15) is 14.4 Å². The van der Waals surface area contributed by atoms with Gasteiger partial charge in [0.05, 0.1) is 0 Å². The number of rotatable bonds is 3. The first-order valence-electron chi connectivity index (χ1n) is 5.81. The Hall–Kier alpha value is -2.11. The third-order valence-electron chi connectivity index (χ3n) is 3.25. The van der Waals surface area contributed by atoms with Crippen LogP contribution in [0.3, 0.4) is 0 Å². The second-order valence-corrected chi connectivity index (χ2v) is 5.07. The molecular formula is C13H18N2O4. The van der Waals surface area contributed by atoms with Crippen LogP contribution >= 0.6 is 0 Å². The molecule has 6 nitrogen and oxygen atoms in total. The van der Waals surface area contributed by atoms with E-state index < -0.39 is 23.0 Å². The lowest BCUT2D eigenvalue weighted by atomic mass is 10.0. The Kier molecular flexibility index (Phi) is 3.83. The number of carbonyl (C=O) groups excluding carboxylic acids is 1. The molecule has 0 aliphatic heterocycles. The van der Waals surface area contributed by atoms with E-state index in [0.29, 0.717) is 11.3 Å². The molecule has 0 aliphatic carbocycles. The second-order valence-electron chi connectivity index (χ2n) is 5.07. The lowest BCUT2D eigenvalue weighted by Gasteiger charge is -2.31. The Morgan fingerprint density at radius 1 is 1.32 bits per heavy atom. The molecule has 1 amide bonds. The first-order valence-corrected chi connectivity index (χ1v) is 5.81. The highest BCUT2D eigenvalue weighted by Gasteiger charge is 2.36. The van der Waals surface area contributed by atoms with E-state index in [-0.39, 0.29) is 5.56 Å². The fourth-order valence-corrected chi connectivity index (χ4v) is 1.68. The van der Waals surface area contributed by atoms with Gasteiger partial charge in [-0.25, -0.2) is 4.79 Å². The molecule has 0 saturated carbocycles. The Morgan fingerprint density at radius 3 is 2.26 bits per heavy atom. The summed E-state index contributed by atoms with van der Waals surface area (Å²) in [7, 11) is 1.37. The average molecular weight is 266 g/mol. The van der Waals surface area contributed by atoms with E-state index in [1.807, 2.05) is 0 Å². The maximum absolute atomic E-state index is 12.3. The Bertz CT molecular complexity index is 587. The zero-order chi connectivity index (χ0) is 15.0. The number of amides is 1. The van der Waals surface area contributed by atoms with Crippen molar-refractivity contribution in [2.45, 2.75) is 33.2 Å². The molecule has 2 N–H and O–H groups in total. The molecule has 0 aliphatic rings. The van der Waals surface area contributed by atoms with Crippen molar-refractivity contribution >= 4 is 11.9 Å². The number of hydrogen-bond donors (Lipinski definition) is 2. The van der Waals surface area contributed by atoms with E-state index in [1.54, 1.807) is 19.9 Å². The molecule has 1 heterocycles. The van der Waals surface area contributed by atoms with Crippen molar-refractivity contribution in [3.8, 4) is 0 Å². The summed E-state index contributed by atoms with van der Waals surface area (Å²) >= 11 is 0. The number of aromatic amines is 1. The lowest BCUT2D eigenvalue weighted by Crippen LogP contribution is -2.51. The van der Waals surface area contributed by atoms with E-state index in [2.05, 4.69) is 4.98 Å². The van der Waals surface area contributed by atoms with Crippen LogP contribution in [0, 0.1) is 13.8 Å². The summed E-state index contributed by atoms with van der Waals surface area (Å²) in [6.07, 6.45) is 0. The summed E-state index contributed by atoms with van der Waals surface area (Å²) in [6, 6.07) is 1.68. The summed E-state index contributed by atoms with van der Waals surface area (Å²) < 4.78 is 0. The lowest BCUT2D eigenvalue weighted by molar-refractivity contribution is -0.147. The highest BCUT2D eigenvalue weighted by atomic mass is 16.4. The summed E-state index contributed by atoms with van der Waals surface area (Å²) in [5.41, 5.74) is -0.739. The Labute approximate surface area is 111 Å². The van der Waals surface area contributed by atoms with Gasteiger partial charge in [0.1, 0.15) is 11.1 Å². The van der Waals surface area contributed by atoms with Gasteiger partial charge >= 0.3 is 5.97 Å². The van der Waals surface area contributed by atoms with Gasteiger partial charge in [0.25, 0.3) is 11.5 Å². The van der Waals surface area contributed by atoms with Crippen LogP contribution in [0.15, 0.2) is 10.9 Å². The van der Waals surface area contributed by atoms with Crippen LogP contribution in [0.4, 0.5) is 0 Å². The predicted octanol–water partition coefficient (Wildman–Crippen LogP) is 0.927. The summed E-state index contributed by atoms with van der Waals surface area (Å²) in [6.45, 7) is 6.18. The maximum atomic E-state index is 12.3. The van der Waals surface area contributed by atoms with Gasteiger partial charge in [0.2, 0.25) is 0 Å². The Morgan fingerprint density at radius 2 is 1.84 bits per heavy atom. The summed E-state index contributed by atoms with van der Waals surface area (Å²) in [4.78, 5) is 38.9. The first-order chi connectivity index (χ1) is 8.59. The number of nitrogens with one attached hydrogen (secondary N) is 1. The van der Waals surface area contributed by atoms with Crippen LogP contribution in [0.2, 0.25) is 0 Å². The third kappa shape index (κ3) is 2.67. The van der Waals surface area contributed by atoms with Crippen molar-refractivity contribution in [1.29, 1.82) is 0 Å². The van der Waals surface area contributed by atoms with Crippen LogP contribution in [-0.4, -0.2) is 39.5 Å². The molecule has 0 unspecified atom stereocenters. The topological polar surface area (TPSA) is 90.5 Å². The van der Waals surface area contributed by atoms with Gasteiger partial charge in [-0.15, -0.1) is 0 Å². The van der Waals surface area contributed by atoms with Gasteiger partial charge in [-0.3, -0.25) is 9.59 Å². The van der Waals surface area contributed by atoms with Gasteiger partial charge in [-0.1, -0.05) is 0 Å². The minimum atomic E-state index is -1.39. The minimum Gasteiger partial charge on any atom is -0.480 e. The monoisotopic (exact) mass is 266 g/mol. The number of H-pyrrole nitrogens is 1. The SMILES string of the molecule is Cc1cc(C)c(C(=O)N(C)C(C)(C)C(=O)O)c(=O)[nH]1. The number of carboxylic acids is 1. The van der Waals surface area contributed by atoms with Crippen molar-refractivity contribution in [2.24, 2.45) is 0 Å². The normalized spacial score (nSPS) is 11.2. The number of nitrogens with zero attached hydrogens (tertiary/aromatic N) is 1. The molecule has 0 saturated heterocycles. The number of aromatic nitrogens is 1. The van der Waals surface area contributed by atoms with Crippen molar-refractivity contribution < 1.29 is 14.7 Å². The third-order valence-corrected chi connectivity index (χ3v) is 3.25. The number of aliphatic carboxylic acids is 1. The largest absolute Gasteiger partial charge is 0.480 e. The zero-order valence-corrected chi connectivity index (χ0v) is 11.7. The summed E-state index contributed by atoms with van der Waals surface area (Å²) in [5, 5.41) is 9.11. The number of hydrogen-bond acceptors (Lipinski definition) is 3. The summed E-state index contributed by atoms with van der Waals surface area (Å²) in [5.74, 6) is -1.74.